The molecule has 6 nitrogen and oxygen atoms in total. The zero-order chi connectivity index (χ0) is 18.8. The zero-order valence-corrected chi connectivity index (χ0v) is 14.9. The summed E-state index contributed by atoms with van der Waals surface area (Å²) in [5, 5.41) is 11.0. The number of ether oxygens (including phenoxy) is 1. The van der Waals surface area contributed by atoms with Gasteiger partial charge in [0.15, 0.2) is 5.69 Å². The molecule has 0 saturated heterocycles. The third kappa shape index (κ3) is 3.59. The molecule has 2 aromatic carbocycles. The molecule has 4 rings (SSSR count). The van der Waals surface area contributed by atoms with Gasteiger partial charge in [0.25, 0.3) is 5.91 Å². The van der Waals surface area contributed by atoms with Crippen LogP contribution >= 0.6 is 0 Å². The van der Waals surface area contributed by atoms with Crippen LogP contribution in [0.4, 0.5) is 4.39 Å². The molecule has 27 heavy (non-hydrogen) atoms. The summed E-state index contributed by atoms with van der Waals surface area (Å²) in [7, 11) is 0. The average Bonchev–Trinajstić information content (AvgIpc) is 3.11. The van der Waals surface area contributed by atoms with E-state index in [1.54, 1.807) is 16.8 Å². The number of fused-ring (bicyclic) bond motifs is 1. The Morgan fingerprint density at radius 2 is 2.04 bits per heavy atom. The molecule has 0 radical (unpaired) electrons. The molecule has 1 aliphatic heterocycles. The van der Waals surface area contributed by atoms with Gasteiger partial charge in [-0.15, -0.1) is 5.10 Å². The van der Waals surface area contributed by atoms with Crippen LogP contribution in [-0.2, 0) is 24.4 Å². The molecule has 0 aliphatic carbocycles. The van der Waals surface area contributed by atoms with Crippen molar-refractivity contribution in [2.45, 2.75) is 32.7 Å². The molecule has 2 heterocycles. The van der Waals surface area contributed by atoms with Gasteiger partial charge in [0.1, 0.15) is 11.9 Å². The number of amides is 1. The van der Waals surface area contributed by atoms with Crippen LogP contribution in [0.25, 0.3) is 0 Å². The molecule has 1 aliphatic rings. The summed E-state index contributed by atoms with van der Waals surface area (Å²) in [4.78, 5) is 12.5. The first-order valence-electron chi connectivity index (χ1n) is 8.74. The first kappa shape index (κ1) is 17.4. The van der Waals surface area contributed by atoms with Crippen LogP contribution < -0.4 is 5.32 Å². The lowest BCUT2D eigenvalue weighted by Crippen LogP contribution is -2.27. The third-order valence-electron chi connectivity index (χ3n) is 4.76. The molecule has 1 amide bonds. The predicted octanol–water partition coefficient (Wildman–Crippen LogP) is 2.93. The lowest BCUT2D eigenvalue weighted by atomic mass is 10.1. The predicted molar refractivity (Wildman–Crippen MR) is 96.3 cm³/mol. The third-order valence-corrected chi connectivity index (χ3v) is 4.76. The van der Waals surface area contributed by atoms with Gasteiger partial charge < -0.3 is 10.1 Å². The van der Waals surface area contributed by atoms with Crippen molar-refractivity contribution in [3.63, 3.8) is 0 Å². The monoisotopic (exact) mass is 366 g/mol. The number of hydrogen-bond donors (Lipinski definition) is 1. The summed E-state index contributed by atoms with van der Waals surface area (Å²) < 4.78 is 20.6. The first-order chi connectivity index (χ1) is 13.1. The number of halogens is 1. The van der Waals surface area contributed by atoms with Crippen LogP contribution in [-0.4, -0.2) is 20.9 Å². The fourth-order valence-corrected chi connectivity index (χ4v) is 3.13. The number of nitrogens with one attached hydrogen (secondary N) is 1. The van der Waals surface area contributed by atoms with Crippen LogP contribution in [0.3, 0.4) is 0 Å². The van der Waals surface area contributed by atoms with E-state index in [1.807, 2.05) is 31.2 Å². The molecule has 0 saturated carbocycles. The largest absolute Gasteiger partial charge is 0.365 e. The molecule has 1 aromatic heterocycles. The normalized spacial score (nSPS) is 16.0. The van der Waals surface area contributed by atoms with Crippen LogP contribution in [0.15, 0.2) is 48.5 Å². The van der Waals surface area contributed by atoms with E-state index in [1.165, 1.54) is 12.1 Å². The van der Waals surface area contributed by atoms with Crippen molar-refractivity contribution in [2.24, 2.45) is 0 Å². The molecule has 0 fully saturated rings. The highest BCUT2D eigenvalue weighted by Crippen LogP contribution is 2.27. The minimum Gasteiger partial charge on any atom is -0.365 e. The van der Waals surface area contributed by atoms with Crippen molar-refractivity contribution in [2.75, 3.05) is 0 Å². The van der Waals surface area contributed by atoms with Gasteiger partial charge in [0, 0.05) is 6.54 Å². The van der Waals surface area contributed by atoms with Crippen molar-refractivity contribution < 1.29 is 13.9 Å². The molecule has 0 bridgehead atoms. The SMILES string of the molecule is Cc1ccccc1CNC(=O)c1nnn2c1CO[C@@H](c1ccc(F)cc1)C2. The number of hydrogen-bond acceptors (Lipinski definition) is 4. The van der Waals surface area contributed by atoms with Crippen molar-refractivity contribution >= 4 is 5.91 Å². The van der Waals surface area contributed by atoms with E-state index in [4.69, 9.17) is 4.74 Å². The highest BCUT2D eigenvalue weighted by atomic mass is 19.1. The van der Waals surface area contributed by atoms with Gasteiger partial charge in [-0.25, -0.2) is 9.07 Å². The number of carbonyl (C=O) groups excluding carboxylic acids is 1. The Balaban J connectivity index is 1.45. The zero-order valence-electron chi connectivity index (χ0n) is 14.9. The highest BCUT2D eigenvalue weighted by Gasteiger charge is 2.27. The minimum absolute atomic E-state index is 0.224. The molecule has 1 N–H and O–H groups in total. The second kappa shape index (κ2) is 7.28. The number of carbonyl (C=O) groups is 1. The Labute approximate surface area is 156 Å². The summed E-state index contributed by atoms with van der Waals surface area (Å²) >= 11 is 0. The van der Waals surface area contributed by atoms with Gasteiger partial charge in [-0.3, -0.25) is 4.79 Å². The van der Waals surface area contributed by atoms with Crippen molar-refractivity contribution in [1.82, 2.24) is 20.3 Å². The Morgan fingerprint density at radius 3 is 2.81 bits per heavy atom. The molecular weight excluding hydrogens is 347 g/mol. The van der Waals surface area contributed by atoms with Crippen LogP contribution in [0.2, 0.25) is 0 Å². The van der Waals surface area contributed by atoms with Gasteiger partial charge in [-0.1, -0.05) is 41.6 Å². The van der Waals surface area contributed by atoms with Gasteiger partial charge in [-0.05, 0) is 35.7 Å². The Bertz CT molecular complexity index is 968. The second-order valence-electron chi connectivity index (χ2n) is 6.53. The van der Waals surface area contributed by atoms with Crippen molar-refractivity contribution in [3.8, 4) is 0 Å². The molecule has 0 spiro atoms. The highest BCUT2D eigenvalue weighted by molar-refractivity contribution is 5.93. The molecule has 7 heteroatoms. The number of nitrogens with zero attached hydrogens (tertiary/aromatic N) is 3. The van der Waals surface area contributed by atoms with Crippen LogP contribution in [0.1, 0.15) is 39.0 Å². The Kier molecular flexibility index (Phi) is 4.68. The first-order valence-corrected chi connectivity index (χ1v) is 8.74. The Hall–Kier alpha value is -3.06. The van der Waals surface area contributed by atoms with Crippen molar-refractivity contribution in [3.05, 3.63) is 82.4 Å². The molecule has 3 aromatic rings. The maximum Gasteiger partial charge on any atom is 0.274 e. The van der Waals surface area contributed by atoms with Gasteiger partial charge in [0.05, 0.1) is 18.8 Å². The van der Waals surface area contributed by atoms with Gasteiger partial charge in [0.2, 0.25) is 0 Å². The molecule has 1 atom stereocenters. The number of aryl methyl sites for hydroxylation is 1. The number of benzene rings is 2. The number of rotatable bonds is 4. The summed E-state index contributed by atoms with van der Waals surface area (Å²) in [6.45, 7) is 3.09. The van der Waals surface area contributed by atoms with E-state index < -0.39 is 0 Å². The van der Waals surface area contributed by atoms with Crippen LogP contribution in [0.5, 0.6) is 0 Å². The average molecular weight is 366 g/mol. The quantitative estimate of drug-likeness (QED) is 0.771. The standard InChI is InChI=1S/C20H19FN4O2/c1-13-4-2-3-5-15(13)10-22-20(26)19-17-12-27-18(11-25(17)24-23-19)14-6-8-16(21)9-7-14/h2-9,18H,10-12H2,1H3,(H,22,26)/t18-/m1/s1. The molecule has 138 valence electrons. The molecular formula is C20H19FN4O2. The topological polar surface area (TPSA) is 69.0 Å². The minimum atomic E-state index is -0.288. The maximum atomic E-state index is 13.1. The lowest BCUT2D eigenvalue weighted by Gasteiger charge is -2.24. The van der Waals surface area contributed by atoms with E-state index in [0.29, 0.717) is 18.8 Å². The van der Waals surface area contributed by atoms with Crippen molar-refractivity contribution in [1.29, 1.82) is 0 Å². The second-order valence-corrected chi connectivity index (χ2v) is 6.53. The summed E-state index contributed by atoms with van der Waals surface area (Å²) in [6.07, 6.45) is -0.248. The van der Waals surface area contributed by atoms with E-state index in [9.17, 15) is 9.18 Å². The number of aromatic nitrogens is 3. The lowest BCUT2D eigenvalue weighted by molar-refractivity contribution is -0.00180. The summed E-state index contributed by atoms with van der Waals surface area (Å²) in [6, 6.07) is 14.1. The molecule has 0 unspecified atom stereocenters. The smallest absolute Gasteiger partial charge is 0.274 e. The van der Waals surface area contributed by atoms with E-state index >= 15 is 0 Å². The fourth-order valence-electron chi connectivity index (χ4n) is 3.13. The summed E-state index contributed by atoms with van der Waals surface area (Å²) in [5.41, 5.74) is 3.97. The summed E-state index contributed by atoms with van der Waals surface area (Å²) in [5.74, 6) is -0.563. The van der Waals surface area contributed by atoms with Gasteiger partial charge in [-0.2, -0.15) is 0 Å². The maximum absolute atomic E-state index is 13.1. The Morgan fingerprint density at radius 1 is 1.26 bits per heavy atom. The van der Waals surface area contributed by atoms with Crippen LogP contribution in [0, 0.1) is 12.7 Å². The van der Waals surface area contributed by atoms with E-state index in [0.717, 1.165) is 16.7 Å². The van der Waals surface area contributed by atoms with Gasteiger partial charge >= 0.3 is 0 Å². The van der Waals surface area contributed by atoms with E-state index in [2.05, 4.69) is 15.6 Å². The fraction of sp³-hybridized carbons (Fsp3) is 0.250. The van der Waals surface area contributed by atoms with E-state index in [-0.39, 0.29) is 30.1 Å².